The standard InChI is InChI=1S/C24H22F3N7OS/c1-24(2)16-6-5-14(32-9-17(28-11-32)13-3-4-13)7-15(16)23(35)34(24)19-10-36-22(30-19)21-31-29-12-33(21)18(8-25)20(26)27/h5-7,9-13,18,20H,3-4,8H2,1-2H3. The highest BCUT2D eigenvalue weighted by Gasteiger charge is 2.45. The molecule has 1 saturated carbocycles. The van der Waals surface area contributed by atoms with E-state index in [-0.39, 0.29) is 16.7 Å². The number of halogens is 3. The maximum absolute atomic E-state index is 13.6. The summed E-state index contributed by atoms with van der Waals surface area (Å²) in [6.07, 6.45) is 4.23. The minimum atomic E-state index is -2.93. The first kappa shape index (κ1) is 22.9. The number of hydrogen-bond acceptors (Lipinski definition) is 6. The molecular formula is C24H22F3N7OS. The molecule has 8 nitrogen and oxygen atoms in total. The van der Waals surface area contributed by atoms with Crippen molar-refractivity contribution >= 4 is 23.1 Å². The number of carbonyl (C=O) groups is 1. The van der Waals surface area contributed by atoms with Crippen LogP contribution in [-0.4, -0.2) is 48.3 Å². The van der Waals surface area contributed by atoms with Gasteiger partial charge in [0.2, 0.25) is 0 Å². The lowest BCUT2D eigenvalue weighted by molar-refractivity contribution is 0.0691. The lowest BCUT2D eigenvalue weighted by Gasteiger charge is -2.30. The molecule has 1 fully saturated rings. The predicted molar refractivity (Wildman–Crippen MR) is 128 cm³/mol. The van der Waals surface area contributed by atoms with Gasteiger partial charge >= 0.3 is 0 Å². The van der Waals surface area contributed by atoms with Crippen LogP contribution in [0.2, 0.25) is 0 Å². The van der Waals surface area contributed by atoms with E-state index in [0.717, 1.165) is 52.0 Å². The van der Waals surface area contributed by atoms with E-state index in [4.69, 9.17) is 0 Å². The molecule has 6 rings (SSSR count). The van der Waals surface area contributed by atoms with Crippen LogP contribution in [0.25, 0.3) is 16.5 Å². The third kappa shape index (κ3) is 3.54. The fraction of sp³-hybridized carbons (Fsp3) is 0.375. The molecule has 0 N–H and O–H groups in total. The van der Waals surface area contributed by atoms with Crippen molar-refractivity contribution in [3.63, 3.8) is 0 Å². The molecule has 1 aliphatic carbocycles. The van der Waals surface area contributed by atoms with Gasteiger partial charge in [0.25, 0.3) is 12.3 Å². The van der Waals surface area contributed by atoms with Crippen molar-refractivity contribution in [2.75, 3.05) is 11.6 Å². The highest BCUT2D eigenvalue weighted by molar-refractivity contribution is 7.13. The molecule has 0 saturated heterocycles. The molecule has 12 heteroatoms. The van der Waals surface area contributed by atoms with Crippen molar-refractivity contribution in [1.82, 2.24) is 29.3 Å². The first-order valence-corrected chi connectivity index (χ1v) is 12.4. The lowest BCUT2D eigenvalue weighted by Crippen LogP contribution is -2.39. The van der Waals surface area contributed by atoms with Crippen molar-refractivity contribution in [3.8, 4) is 16.5 Å². The average molecular weight is 514 g/mol. The molecule has 0 radical (unpaired) electrons. The number of alkyl halides is 3. The van der Waals surface area contributed by atoms with E-state index in [9.17, 15) is 18.0 Å². The highest BCUT2D eigenvalue weighted by Crippen LogP contribution is 2.44. The molecule has 1 amide bonds. The topological polar surface area (TPSA) is 81.7 Å². The molecule has 1 unspecified atom stereocenters. The van der Waals surface area contributed by atoms with Crippen LogP contribution in [0.15, 0.2) is 42.4 Å². The van der Waals surface area contributed by atoms with Crippen LogP contribution in [0.5, 0.6) is 0 Å². The third-order valence-corrected chi connectivity index (χ3v) is 7.67. The fourth-order valence-electron chi connectivity index (χ4n) is 4.73. The summed E-state index contributed by atoms with van der Waals surface area (Å²) in [7, 11) is 0. The fourth-order valence-corrected chi connectivity index (χ4v) is 5.50. The summed E-state index contributed by atoms with van der Waals surface area (Å²) in [5.74, 6) is 0.712. The Morgan fingerprint density at radius 2 is 2.03 bits per heavy atom. The second-order valence-electron chi connectivity index (χ2n) is 9.54. The number of hydrogen-bond donors (Lipinski definition) is 0. The van der Waals surface area contributed by atoms with Gasteiger partial charge in [-0.2, -0.15) is 0 Å². The van der Waals surface area contributed by atoms with Gasteiger partial charge in [-0.25, -0.2) is 23.1 Å². The molecular weight excluding hydrogens is 491 g/mol. The number of nitrogens with zero attached hydrogens (tertiary/aromatic N) is 7. The normalized spacial score (nSPS) is 17.7. The van der Waals surface area contributed by atoms with Crippen LogP contribution in [0.4, 0.5) is 19.0 Å². The lowest BCUT2D eigenvalue weighted by atomic mass is 9.93. The number of benzene rings is 1. The van der Waals surface area contributed by atoms with Gasteiger partial charge in [-0.1, -0.05) is 6.07 Å². The Bertz CT molecular complexity index is 1460. The Kier molecular flexibility index (Phi) is 5.25. The predicted octanol–water partition coefficient (Wildman–Crippen LogP) is 5.14. The van der Waals surface area contributed by atoms with Crippen LogP contribution in [0, 0.1) is 0 Å². The minimum Gasteiger partial charge on any atom is -0.306 e. The number of anilines is 1. The van der Waals surface area contributed by atoms with E-state index in [1.54, 1.807) is 16.6 Å². The first-order valence-electron chi connectivity index (χ1n) is 11.5. The maximum Gasteiger partial charge on any atom is 0.261 e. The molecule has 4 aromatic rings. The number of aromatic nitrogens is 6. The van der Waals surface area contributed by atoms with E-state index in [0.29, 0.717) is 17.3 Å². The van der Waals surface area contributed by atoms with Gasteiger partial charge in [-0.15, -0.1) is 21.5 Å². The van der Waals surface area contributed by atoms with Gasteiger partial charge in [0, 0.05) is 28.7 Å². The van der Waals surface area contributed by atoms with Gasteiger partial charge < -0.3 is 4.57 Å². The SMILES string of the molecule is CC1(C)c2ccc(-n3cnc(C4CC4)c3)cc2C(=O)N1c1csc(-c2nncn2C(CF)C(F)F)n1. The Balaban J connectivity index is 1.33. The van der Waals surface area contributed by atoms with Gasteiger partial charge in [0.15, 0.2) is 10.8 Å². The molecule has 186 valence electrons. The van der Waals surface area contributed by atoms with E-state index < -0.39 is 24.7 Å². The summed E-state index contributed by atoms with van der Waals surface area (Å²) in [4.78, 5) is 24.2. The summed E-state index contributed by atoms with van der Waals surface area (Å²) >= 11 is 1.13. The van der Waals surface area contributed by atoms with Crippen molar-refractivity contribution in [3.05, 3.63) is 59.3 Å². The average Bonchev–Trinajstić information content (AvgIpc) is 3.20. The Morgan fingerprint density at radius 1 is 1.22 bits per heavy atom. The number of carbonyl (C=O) groups excluding carboxylic acids is 1. The summed E-state index contributed by atoms with van der Waals surface area (Å²) in [6.45, 7) is 2.59. The zero-order valence-corrected chi connectivity index (χ0v) is 20.3. The molecule has 1 aliphatic heterocycles. The molecule has 4 heterocycles. The summed E-state index contributed by atoms with van der Waals surface area (Å²) in [5.41, 5.74) is 2.62. The first-order chi connectivity index (χ1) is 17.3. The van der Waals surface area contributed by atoms with Crippen LogP contribution >= 0.6 is 11.3 Å². The van der Waals surface area contributed by atoms with Crippen LogP contribution in [0.3, 0.4) is 0 Å². The van der Waals surface area contributed by atoms with Crippen LogP contribution in [-0.2, 0) is 5.54 Å². The molecule has 1 aromatic carbocycles. The van der Waals surface area contributed by atoms with Crippen molar-refractivity contribution < 1.29 is 18.0 Å². The van der Waals surface area contributed by atoms with Gasteiger partial charge in [-0.05, 0) is 44.4 Å². The molecule has 36 heavy (non-hydrogen) atoms. The molecule has 0 spiro atoms. The Hall–Kier alpha value is -3.54. The zero-order chi connectivity index (χ0) is 25.2. The van der Waals surface area contributed by atoms with Crippen LogP contribution < -0.4 is 4.90 Å². The van der Waals surface area contributed by atoms with Gasteiger partial charge in [-0.3, -0.25) is 14.3 Å². The third-order valence-electron chi connectivity index (χ3n) is 6.84. The Labute approximate surface area is 208 Å². The molecule has 2 aliphatic rings. The number of rotatable bonds is 7. The molecule has 3 aromatic heterocycles. The summed E-state index contributed by atoms with van der Waals surface area (Å²) in [6, 6.07) is 4.05. The molecule has 1 atom stereocenters. The van der Waals surface area contributed by atoms with E-state index in [1.807, 2.05) is 42.8 Å². The number of fused-ring (bicyclic) bond motifs is 1. The number of thiazole rings is 1. The largest absolute Gasteiger partial charge is 0.306 e. The van der Waals surface area contributed by atoms with Crippen molar-refractivity contribution in [2.45, 2.75) is 50.6 Å². The van der Waals surface area contributed by atoms with E-state index in [2.05, 4.69) is 20.2 Å². The summed E-state index contributed by atoms with van der Waals surface area (Å²) < 4.78 is 42.8. The van der Waals surface area contributed by atoms with Crippen LogP contribution in [0.1, 0.15) is 60.3 Å². The quantitative estimate of drug-likeness (QED) is 0.342. The van der Waals surface area contributed by atoms with Crippen molar-refractivity contribution in [2.24, 2.45) is 0 Å². The summed E-state index contributed by atoms with van der Waals surface area (Å²) in [5, 5.41) is 9.51. The number of amides is 1. The minimum absolute atomic E-state index is 0.0324. The smallest absolute Gasteiger partial charge is 0.261 e. The maximum atomic E-state index is 13.6. The second-order valence-corrected chi connectivity index (χ2v) is 10.4. The monoisotopic (exact) mass is 513 g/mol. The zero-order valence-electron chi connectivity index (χ0n) is 19.5. The van der Waals surface area contributed by atoms with E-state index in [1.165, 1.54) is 0 Å². The van der Waals surface area contributed by atoms with Crippen molar-refractivity contribution in [1.29, 1.82) is 0 Å². The van der Waals surface area contributed by atoms with E-state index >= 15 is 0 Å². The number of imidazole rings is 1. The highest BCUT2D eigenvalue weighted by atomic mass is 32.1. The molecule has 0 bridgehead atoms. The van der Waals surface area contributed by atoms with Gasteiger partial charge in [0.05, 0.1) is 17.6 Å². The second kappa shape index (κ2) is 8.26. The Morgan fingerprint density at radius 3 is 2.75 bits per heavy atom. The van der Waals surface area contributed by atoms with Gasteiger partial charge in [0.1, 0.15) is 24.9 Å².